The number of halogens is 1. The topological polar surface area (TPSA) is 45.0 Å². The molecular formula is C13H15ClN2O. The van der Waals surface area contributed by atoms with E-state index in [2.05, 4.69) is 18.3 Å². The highest BCUT2D eigenvalue weighted by Gasteiger charge is 2.23. The Morgan fingerprint density at radius 3 is 3.06 bits per heavy atom. The molecule has 1 aromatic carbocycles. The standard InChI is InChI=1S/C13H15ClN2O/c1-9-5-6-16-8-13(9)17-12-4-2-3-11(14)10(12)7-15/h2-4,9,13,16H,5-6,8H2,1H3. The molecule has 1 aliphatic rings. The summed E-state index contributed by atoms with van der Waals surface area (Å²) < 4.78 is 5.90. The van der Waals surface area contributed by atoms with Gasteiger partial charge < -0.3 is 10.1 Å². The van der Waals surface area contributed by atoms with E-state index >= 15 is 0 Å². The maximum absolute atomic E-state index is 9.06. The molecule has 0 spiro atoms. The summed E-state index contributed by atoms with van der Waals surface area (Å²) in [5, 5.41) is 12.8. The number of rotatable bonds is 2. The molecule has 1 fully saturated rings. The van der Waals surface area contributed by atoms with E-state index in [0.717, 1.165) is 19.5 Å². The lowest BCUT2D eigenvalue weighted by atomic mass is 9.97. The largest absolute Gasteiger partial charge is 0.487 e. The van der Waals surface area contributed by atoms with Crippen molar-refractivity contribution in [2.45, 2.75) is 19.4 Å². The molecule has 1 saturated heterocycles. The van der Waals surface area contributed by atoms with Crippen molar-refractivity contribution in [1.29, 1.82) is 5.26 Å². The fourth-order valence-electron chi connectivity index (χ4n) is 1.99. The Bertz CT molecular complexity index is 442. The predicted octanol–water partition coefficient (Wildman–Crippen LogP) is 2.59. The Labute approximate surface area is 106 Å². The first-order valence-corrected chi connectivity index (χ1v) is 6.16. The summed E-state index contributed by atoms with van der Waals surface area (Å²) in [5.41, 5.74) is 0.423. The Kier molecular flexibility index (Phi) is 3.88. The Balaban J connectivity index is 2.18. The van der Waals surface area contributed by atoms with Gasteiger partial charge in [0.15, 0.2) is 0 Å². The maximum Gasteiger partial charge on any atom is 0.139 e. The number of nitrogens with zero attached hydrogens (tertiary/aromatic N) is 1. The fraction of sp³-hybridized carbons (Fsp3) is 0.462. The minimum absolute atomic E-state index is 0.106. The number of benzene rings is 1. The van der Waals surface area contributed by atoms with Gasteiger partial charge in [-0.25, -0.2) is 0 Å². The molecule has 0 amide bonds. The second-order valence-corrected chi connectivity index (χ2v) is 4.76. The summed E-state index contributed by atoms with van der Waals surface area (Å²) >= 11 is 5.97. The molecule has 17 heavy (non-hydrogen) atoms. The maximum atomic E-state index is 9.06. The van der Waals surface area contributed by atoms with E-state index in [9.17, 15) is 0 Å². The van der Waals surface area contributed by atoms with Gasteiger partial charge in [0.05, 0.1) is 5.02 Å². The highest BCUT2D eigenvalue weighted by molar-refractivity contribution is 6.31. The molecule has 1 heterocycles. The third-order valence-electron chi connectivity index (χ3n) is 3.12. The molecule has 0 bridgehead atoms. The highest BCUT2D eigenvalue weighted by atomic mass is 35.5. The van der Waals surface area contributed by atoms with Crippen LogP contribution in [-0.2, 0) is 0 Å². The van der Waals surface area contributed by atoms with Crippen LogP contribution in [0, 0.1) is 17.2 Å². The Hall–Kier alpha value is -1.24. The normalized spacial score (nSPS) is 24.1. The van der Waals surface area contributed by atoms with E-state index in [1.807, 2.05) is 0 Å². The van der Waals surface area contributed by atoms with Crippen LogP contribution in [0.1, 0.15) is 18.9 Å². The first kappa shape index (κ1) is 12.2. The zero-order valence-corrected chi connectivity index (χ0v) is 10.5. The van der Waals surface area contributed by atoms with Gasteiger partial charge in [-0.15, -0.1) is 0 Å². The molecule has 0 aromatic heterocycles. The van der Waals surface area contributed by atoms with Crippen molar-refractivity contribution < 1.29 is 4.74 Å². The van der Waals surface area contributed by atoms with Crippen molar-refractivity contribution in [3.05, 3.63) is 28.8 Å². The van der Waals surface area contributed by atoms with Gasteiger partial charge in [0.1, 0.15) is 23.5 Å². The lowest BCUT2D eigenvalue weighted by Gasteiger charge is -2.30. The van der Waals surface area contributed by atoms with E-state index < -0.39 is 0 Å². The molecule has 1 aliphatic heterocycles. The van der Waals surface area contributed by atoms with Gasteiger partial charge >= 0.3 is 0 Å². The summed E-state index contributed by atoms with van der Waals surface area (Å²) in [6.07, 6.45) is 1.20. The van der Waals surface area contributed by atoms with Gasteiger partial charge in [-0.3, -0.25) is 0 Å². The molecule has 2 rings (SSSR count). The van der Waals surface area contributed by atoms with E-state index in [4.69, 9.17) is 21.6 Å². The van der Waals surface area contributed by atoms with Gasteiger partial charge in [0, 0.05) is 6.54 Å². The molecule has 90 valence electrons. The minimum atomic E-state index is 0.106. The van der Waals surface area contributed by atoms with Crippen LogP contribution < -0.4 is 10.1 Å². The minimum Gasteiger partial charge on any atom is -0.487 e. The van der Waals surface area contributed by atoms with E-state index in [1.165, 1.54) is 0 Å². The van der Waals surface area contributed by atoms with E-state index in [-0.39, 0.29) is 6.10 Å². The lowest BCUT2D eigenvalue weighted by molar-refractivity contribution is 0.114. The van der Waals surface area contributed by atoms with Gasteiger partial charge in [0.2, 0.25) is 0 Å². The van der Waals surface area contributed by atoms with Crippen molar-refractivity contribution in [2.75, 3.05) is 13.1 Å². The Morgan fingerprint density at radius 2 is 2.35 bits per heavy atom. The summed E-state index contributed by atoms with van der Waals surface area (Å²) in [6.45, 7) is 4.02. The zero-order valence-electron chi connectivity index (χ0n) is 9.74. The van der Waals surface area contributed by atoms with Crippen molar-refractivity contribution in [3.63, 3.8) is 0 Å². The van der Waals surface area contributed by atoms with Crippen molar-refractivity contribution in [1.82, 2.24) is 5.32 Å². The van der Waals surface area contributed by atoms with Crippen LogP contribution in [0.25, 0.3) is 0 Å². The number of nitriles is 1. The van der Waals surface area contributed by atoms with Gasteiger partial charge in [0.25, 0.3) is 0 Å². The van der Waals surface area contributed by atoms with Crippen LogP contribution in [0.4, 0.5) is 0 Å². The summed E-state index contributed by atoms with van der Waals surface area (Å²) in [4.78, 5) is 0. The number of piperidine rings is 1. The number of nitrogens with one attached hydrogen (secondary N) is 1. The van der Waals surface area contributed by atoms with Crippen LogP contribution in [0.2, 0.25) is 5.02 Å². The molecule has 1 N–H and O–H groups in total. The Morgan fingerprint density at radius 1 is 1.53 bits per heavy atom. The van der Waals surface area contributed by atoms with Crippen LogP contribution in [0.5, 0.6) is 5.75 Å². The van der Waals surface area contributed by atoms with Gasteiger partial charge in [-0.05, 0) is 31.0 Å². The summed E-state index contributed by atoms with van der Waals surface area (Å²) in [6, 6.07) is 7.40. The number of ether oxygens (including phenoxy) is 1. The molecule has 0 saturated carbocycles. The number of hydrogen-bond donors (Lipinski definition) is 1. The van der Waals surface area contributed by atoms with Crippen LogP contribution >= 0.6 is 11.6 Å². The smallest absolute Gasteiger partial charge is 0.139 e. The monoisotopic (exact) mass is 250 g/mol. The summed E-state index contributed by atoms with van der Waals surface area (Å²) in [5.74, 6) is 1.07. The first-order valence-electron chi connectivity index (χ1n) is 5.78. The second-order valence-electron chi connectivity index (χ2n) is 4.35. The third kappa shape index (κ3) is 2.71. The SMILES string of the molecule is CC1CCNCC1Oc1cccc(Cl)c1C#N. The van der Waals surface area contributed by atoms with Crippen molar-refractivity contribution >= 4 is 11.6 Å². The van der Waals surface area contributed by atoms with Crippen LogP contribution in [0.15, 0.2) is 18.2 Å². The summed E-state index contributed by atoms with van der Waals surface area (Å²) in [7, 11) is 0. The second kappa shape index (κ2) is 5.39. The first-order chi connectivity index (χ1) is 8.22. The van der Waals surface area contributed by atoms with E-state index in [1.54, 1.807) is 18.2 Å². The average molecular weight is 251 g/mol. The van der Waals surface area contributed by atoms with Crippen molar-refractivity contribution in [3.8, 4) is 11.8 Å². The van der Waals surface area contributed by atoms with Crippen LogP contribution in [-0.4, -0.2) is 19.2 Å². The van der Waals surface area contributed by atoms with Crippen molar-refractivity contribution in [2.24, 2.45) is 5.92 Å². The third-order valence-corrected chi connectivity index (χ3v) is 3.44. The number of hydrogen-bond acceptors (Lipinski definition) is 3. The quantitative estimate of drug-likeness (QED) is 0.878. The average Bonchev–Trinajstić information content (AvgIpc) is 2.32. The zero-order chi connectivity index (χ0) is 12.3. The molecular weight excluding hydrogens is 236 g/mol. The van der Waals surface area contributed by atoms with Gasteiger partial charge in [-0.1, -0.05) is 24.6 Å². The molecule has 3 nitrogen and oxygen atoms in total. The molecule has 4 heteroatoms. The molecule has 0 radical (unpaired) electrons. The lowest BCUT2D eigenvalue weighted by Crippen LogP contribution is -2.42. The molecule has 1 aromatic rings. The van der Waals surface area contributed by atoms with Crippen LogP contribution in [0.3, 0.4) is 0 Å². The van der Waals surface area contributed by atoms with E-state index in [0.29, 0.717) is 22.3 Å². The molecule has 2 atom stereocenters. The van der Waals surface area contributed by atoms with Gasteiger partial charge in [-0.2, -0.15) is 5.26 Å². The fourth-order valence-corrected chi connectivity index (χ4v) is 2.20. The molecule has 2 unspecified atom stereocenters. The molecule has 0 aliphatic carbocycles. The predicted molar refractivity (Wildman–Crippen MR) is 67.2 cm³/mol. The highest BCUT2D eigenvalue weighted by Crippen LogP contribution is 2.28.